The molecule has 0 spiro atoms. The summed E-state index contributed by atoms with van der Waals surface area (Å²) >= 11 is 0. The number of aliphatic hydroxyl groups excluding tert-OH is 6. The van der Waals surface area contributed by atoms with Crippen molar-refractivity contribution in [1.29, 1.82) is 0 Å². The molecule has 0 radical (unpaired) electrons. The Morgan fingerprint density at radius 2 is 1.51 bits per heavy atom. The van der Waals surface area contributed by atoms with E-state index in [0.717, 1.165) is 19.1 Å². The van der Waals surface area contributed by atoms with Crippen molar-refractivity contribution in [3.05, 3.63) is 52.7 Å². The molecule has 2 aliphatic rings. The van der Waals surface area contributed by atoms with Crippen LogP contribution in [0.2, 0.25) is 0 Å². The summed E-state index contributed by atoms with van der Waals surface area (Å²) in [6.45, 7) is -0.182. The number of carbonyl (C=O) groups is 1. The van der Waals surface area contributed by atoms with Crippen LogP contribution in [-0.4, -0.2) is 121 Å². The zero-order valence-electron chi connectivity index (χ0n) is 23.6. The van der Waals surface area contributed by atoms with Gasteiger partial charge in [-0.05, 0) is 24.3 Å². The van der Waals surface area contributed by atoms with E-state index in [2.05, 4.69) is 0 Å². The van der Waals surface area contributed by atoms with Crippen LogP contribution in [0, 0.1) is 0 Å². The third-order valence-corrected chi connectivity index (χ3v) is 7.42. The number of fused-ring (bicyclic) bond motifs is 1. The Morgan fingerprint density at radius 1 is 0.844 bits per heavy atom. The van der Waals surface area contributed by atoms with Gasteiger partial charge in [-0.3, -0.25) is 9.59 Å². The lowest BCUT2D eigenvalue weighted by Gasteiger charge is -2.45. The SMILES string of the molecule is CC(=O)OCC1OC(OC2C(Oc3cc(O)c4c(=O)cc(-c5ccc(O)cc5)oc4c3)OC(CO)C(O)C2O)C(O)C(O)C1O. The van der Waals surface area contributed by atoms with E-state index >= 15 is 0 Å². The van der Waals surface area contributed by atoms with Crippen LogP contribution in [0.3, 0.4) is 0 Å². The number of ether oxygens (including phenoxy) is 5. The maximum atomic E-state index is 12.8. The van der Waals surface area contributed by atoms with E-state index in [1.54, 1.807) is 0 Å². The second kappa shape index (κ2) is 13.3. The molecule has 5 rings (SSSR count). The second-order valence-electron chi connectivity index (χ2n) is 10.6. The van der Waals surface area contributed by atoms with E-state index < -0.39 is 91.8 Å². The van der Waals surface area contributed by atoms with Crippen LogP contribution < -0.4 is 10.2 Å². The lowest BCUT2D eigenvalue weighted by Crippen LogP contribution is -2.65. The molecule has 0 aliphatic carbocycles. The number of rotatable bonds is 8. The van der Waals surface area contributed by atoms with Crippen molar-refractivity contribution in [2.75, 3.05) is 13.2 Å². The van der Waals surface area contributed by atoms with Crippen molar-refractivity contribution >= 4 is 16.9 Å². The zero-order chi connectivity index (χ0) is 32.6. The Morgan fingerprint density at radius 3 is 2.18 bits per heavy atom. The predicted octanol–water partition coefficient (Wildman–Crippen LogP) is -1.56. The number of phenols is 2. The highest BCUT2D eigenvalue weighted by atomic mass is 16.8. The standard InChI is InChI=1S/C29H32O16/c1-11(31)40-10-20-23(36)24(37)26(39)28(44-20)45-27-25(38)22(35)19(9-30)43-29(27)41-14-6-15(33)21-16(34)8-17(42-18(21)7-14)12-2-4-13(32)5-3-12/h2-8,19-20,22-30,32-33,35-39H,9-10H2,1H3. The number of aliphatic hydroxyl groups is 6. The topological polar surface area (TPSA) is 255 Å². The number of esters is 1. The van der Waals surface area contributed by atoms with Gasteiger partial charge in [-0.2, -0.15) is 0 Å². The Hall–Kier alpha value is -3.84. The third kappa shape index (κ3) is 6.74. The van der Waals surface area contributed by atoms with Gasteiger partial charge in [0.2, 0.25) is 6.29 Å². The van der Waals surface area contributed by atoms with Gasteiger partial charge in [-0.25, -0.2) is 0 Å². The maximum Gasteiger partial charge on any atom is 0.302 e. The summed E-state index contributed by atoms with van der Waals surface area (Å²) in [5.74, 6) is -1.35. The van der Waals surface area contributed by atoms with Crippen molar-refractivity contribution in [3.63, 3.8) is 0 Å². The molecule has 45 heavy (non-hydrogen) atoms. The van der Waals surface area contributed by atoms with E-state index in [-0.39, 0.29) is 28.2 Å². The van der Waals surface area contributed by atoms with E-state index in [9.17, 15) is 50.4 Å². The molecular weight excluding hydrogens is 604 g/mol. The highest BCUT2D eigenvalue weighted by Gasteiger charge is 2.51. The largest absolute Gasteiger partial charge is 0.508 e. The number of benzene rings is 2. The molecule has 2 aromatic carbocycles. The van der Waals surface area contributed by atoms with Gasteiger partial charge in [0.05, 0.1) is 6.61 Å². The second-order valence-corrected chi connectivity index (χ2v) is 10.6. The molecule has 2 fully saturated rings. The first-order valence-electron chi connectivity index (χ1n) is 13.8. The monoisotopic (exact) mass is 636 g/mol. The Balaban J connectivity index is 1.45. The average molecular weight is 637 g/mol. The van der Waals surface area contributed by atoms with E-state index in [1.807, 2.05) is 0 Å². The number of hydrogen-bond acceptors (Lipinski definition) is 16. The van der Waals surface area contributed by atoms with Gasteiger partial charge in [-0.15, -0.1) is 0 Å². The summed E-state index contributed by atoms with van der Waals surface area (Å²) in [4.78, 5) is 24.1. The fourth-order valence-electron chi connectivity index (χ4n) is 5.03. The molecule has 0 bridgehead atoms. The van der Waals surface area contributed by atoms with E-state index in [0.29, 0.717) is 5.56 Å². The van der Waals surface area contributed by atoms with Crippen LogP contribution in [-0.2, 0) is 23.7 Å². The number of carbonyl (C=O) groups excluding carboxylic acids is 1. The summed E-state index contributed by atoms with van der Waals surface area (Å²) in [5.41, 5.74) is -0.274. The quantitative estimate of drug-likeness (QED) is 0.130. The van der Waals surface area contributed by atoms with Gasteiger partial charge >= 0.3 is 5.97 Å². The van der Waals surface area contributed by atoms with Crippen LogP contribution in [0.4, 0.5) is 0 Å². The molecule has 16 heteroatoms. The number of aromatic hydroxyl groups is 2. The van der Waals surface area contributed by atoms with Gasteiger partial charge in [0.25, 0.3) is 0 Å². The molecule has 10 unspecified atom stereocenters. The number of phenolic OH excluding ortho intramolecular Hbond substituents is 2. The van der Waals surface area contributed by atoms with Crippen LogP contribution in [0.1, 0.15) is 6.92 Å². The summed E-state index contributed by atoms with van der Waals surface area (Å²) in [7, 11) is 0. The zero-order valence-corrected chi connectivity index (χ0v) is 23.6. The summed E-state index contributed by atoms with van der Waals surface area (Å²) in [6, 6.07) is 9.22. The fraction of sp³-hybridized carbons (Fsp3) is 0.448. The minimum atomic E-state index is -1.90. The predicted molar refractivity (Wildman–Crippen MR) is 148 cm³/mol. The third-order valence-electron chi connectivity index (χ3n) is 7.42. The Kier molecular flexibility index (Phi) is 9.59. The first kappa shape index (κ1) is 32.6. The van der Waals surface area contributed by atoms with E-state index in [1.165, 1.54) is 30.3 Å². The van der Waals surface area contributed by atoms with Crippen LogP contribution in [0.15, 0.2) is 51.7 Å². The van der Waals surface area contributed by atoms with Gasteiger partial charge in [0.1, 0.15) is 83.3 Å². The highest BCUT2D eigenvalue weighted by molar-refractivity contribution is 5.86. The molecule has 244 valence electrons. The van der Waals surface area contributed by atoms with Gasteiger partial charge in [-0.1, -0.05) is 0 Å². The van der Waals surface area contributed by atoms with Crippen molar-refractivity contribution in [1.82, 2.24) is 0 Å². The molecule has 3 aromatic rings. The molecule has 10 atom stereocenters. The number of hydrogen-bond donors (Lipinski definition) is 8. The van der Waals surface area contributed by atoms with E-state index in [4.69, 9.17) is 28.1 Å². The van der Waals surface area contributed by atoms with Crippen molar-refractivity contribution in [2.45, 2.75) is 68.3 Å². The first-order valence-corrected chi connectivity index (χ1v) is 13.8. The molecular formula is C29H32O16. The summed E-state index contributed by atoms with van der Waals surface area (Å²) in [5, 5.41) is 82.4. The highest BCUT2D eigenvalue weighted by Crippen LogP contribution is 2.35. The van der Waals surface area contributed by atoms with Crippen molar-refractivity contribution in [2.24, 2.45) is 0 Å². The molecule has 2 aliphatic heterocycles. The maximum absolute atomic E-state index is 12.8. The molecule has 3 heterocycles. The smallest absolute Gasteiger partial charge is 0.302 e. The van der Waals surface area contributed by atoms with Crippen LogP contribution in [0.5, 0.6) is 17.2 Å². The van der Waals surface area contributed by atoms with Crippen LogP contribution in [0.25, 0.3) is 22.3 Å². The van der Waals surface area contributed by atoms with Gasteiger partial charge in [0, 0.05) is 30.7 Å². The summed E-state index contributed by atoms with van der Waals surface area (Å²) < 4.78 is 33.3. The van der Waals surface area contributed by atoms with Crippen molar-refractivity contribution < 1.29 is 73.7 Å². The minimum absolute atomic E-state index is 0.00953. The molecule has 2 saturated heterocycles. The van der Waals surface area contributed by atoms with Gasteiger partial charge in [0.15, 0.2) is 17.8 Å². The molecule has 16 nitrogen and oxygen atoms in total. The molecule has 8 N–H and O–H groups in total. The first-order chi connectivity index (χ1) is 21.4. The molecule has 0 amide bonds. The molecule has 0 saturated carbocycles. The Bertz CT molecular complexity index is 1560. The van der Waals surface area contributed by atoms with Crippen LogP contribution >= 0.6 is 0 Å². The Labute approximate surface area is 253 Å². The molecule has 1 aromatic heterocycles. The minimum Gasteiger partial charge on any atom is -0.508 e. The normalized spacial score (nSPS) is 31.9. The summed E-state index contributed by atoms with van der Waals surface area (Å²) in [6.07, 6.45) is -16.9. The fourth-order valence-corrected chi connectivity index (χ4v) is 5.03. The lowest BCUT2D eigenvalue weighted by molar-refractivity contribution is -0.358. The lowest BCUT2D eigenvalue weighted by atomic mass is 9.97. The average Bonchev–Trinajstić information content (AvgIpc) is 2.99. The van der Waals surface area contributed by atoms with Crippen molar-refractivity contribution in [3.8, 4) is 28.6 Å². The van der Waals surface area contributed by atoms with Gasteiger partial charge < -0.3 is 69.0 Å².